The molecule has 1 heterocycles. The molecule has 0 atom stereocenters. The van der Waals surface area contributed by atoms with Crippen LogP contribution in [0.2, 0.25) is 0 Å². The highest BCUT2D eigenvalue weighted by Gasteiger charge is 2.05. The van der Waals surface area contributed by atoms with Crippen molar-refractivity contribution in [3.63, 3.8) is 0 Å². The van der Waals surface area contributed by atoms with Crippen LogP contribution in [0.15, 0.2) is 29.2 Å². The zero-order chi connectivity index (χ0) is 11.7. The largest absolute Gasteiger partial charge is 0.491 e. The molecule has 16 heavy (non-hydrogen) atoms. The van der Waals surface area contributed by atoms with Gasteiger partial charge in [0, 0.05) is 11.7 Å². The minimum absolute atomic E-state index is 0.0450. The van der Waals surface area contributed by atoms with Gasteiger partial charge in [0.15, 0.2) is 0 Å². The number of fused-ring (bicyclic) bond motifs is 1. The smallest absolute Gasteiger partial charge is 0.202 e. The van der Waals surface area contributed by atoms with Crippen LogP contribution in [0.25, 0.3) is 10.9 Å². The second kappa shape index (κ2) is 4.45. The summed E-state index contributed by atoms with van der Waals surface area (Å²) in [5, 5.41) is 0.671. The third-order valence-corrected chi connectivity index (χ3v) is 2.98. The van der Waals surface area contributed by atoms with Gasteiger partial charge in [0.05, 0.1) is 15.1 Å². The Hall–Kier alpha value is -1.04. The van der Waals surface area contributed by atoms with Gasteiger partial charge in [0.1, 0.15) is 5.75 Å². The van der Waals surface area contributed by atoms with Crippen LogP contribution < -0.4 is 10.2 Å². The molecule has 0 amide bonds. The molecule has 4 heteroatoms. The Kier molecular flexibility index (Phi) is 3.18. The normalized spacial score (nSPS) is 11.0. The van der Waals surface area contributed by atoms with Crippen molar-refractivity contribution in [2.24, 2.45) is 0 Å². The topological polar surface area (TPSA) is 42.1 Å². The number of aromatic amines is 1. The van der Waals surface area contributed by atoms with E-state index in [0.717, 1.165) is 11.3 Å². The first-order chi connectivity index (χ1) is 7.58. The number of nitrogens with one attached hydrogen (secondary N) is 1. The van der Waals surface area contributed by atoms with E-state index in [9.17, 15) is 4.79 Å². The van der Waals surface area contributed by atoms with Gasteiger partial charge >= 0.3 is 0 Å². The Morgan fingerprint density at radius 2 is 2.12 bits per heavy atom. The maximum atomic E-state index is 11.9. The Labute approximate surface area is 107 Å². The molecule has 2 aromatic rings. The summed E-state index contributed by atoms with van der Waals surface area (Å²) < 4.78 is 6.25. The molecule has 0 saturated carbocycles. The highest BCUT2D eigenvalue weighted by atomic mass is 127. The summed E-state index contributed by atoms with van der Waals surface area (Å²) in [7, 11) is 0. The fraction of sp³-hybridized carbons (Fsp3) is 0.250. The van der Waals surface area contributed by atoms with Crippen molar-refractivity contribution in [1.82, 2.24) is 4.98 Å². The summed E-state index contributed by atoms with van der Waals surface area (Å²) in [6.45, 7) is 3.92. The van der Waals surface area contributed by atoms with E-state index in [4.69, 9.17) is 4.74 Å². The summed E-state index contributed by atoms with van der Waals surface area (Å²) >= 11 is 2.03. The first-order valence-corrected chi connectivity index (χ1v) is 6.13. The van der Waals surface area contributed by atoms with E-state index >= 15 is 0 Å². The monoisotopic (exact) mass is 329 g/mol. The second-order valence-corrected chi connectivity index (χ2v) is 5.00. The third kappa shape index (κ3) is 2.21. The van der Waals surface area contributed by atoms with Crippen molar-refractivity contribution in [3.05, 3.63) is 38.2 Å². The standard InChI is InChI=1S/C12H12INO2/c1-7(2)16-8-3-4-11-9(5-8)12(15)10(13)6-14-11/h3-7H,1-2H3,(H,14,15). The minimum Gasteiger partial charge on any atom is -0.491 e. The molecule has 0 unspecified atom stereocenters. The van der Waals surface area contributed by atoms with E-state index in [1.54, 1.807) is 12.3 Å². The van der Waals surface area contributed by atoms with Gasteiger partial charge in [-0.3, -0.25) is 4.79 Å². The van der Waals surface area contributed by atoms with Gasteiger partial charge < -0.3 is 9.72 Å². The van der Waals surface area contributed by atoms with Crippen molar-refractivity contribution in [3.8, 4) is 5.75 Å². The lowest BCUT2D eigenvalue weighted by molar-refractivity contribution is 0.243. The fourth-order valence-corrected chi connectivity index (χ4v) is 1.96. The lowest BCUT2D eigenvalue weighted by atomic mass is 10.2. The van der Waals surface area contributed by atoms with Crippen molar-refractivity contribution in [2.75, 3.05) is 0 Å². The van der Waals surface area contributed by atoms with Gasteiger partial charge in [-0.25, -0.2) is 0 Å². The van der Waals surface area contributed by atoms with Crippen LogP contribution in [0.3, 0.4) is 0 Å². The zero-order valence-corrected chi connectivity index (χ0v) is 11.2. The molecule has 2 rings (SSSR count). The molecule has 0 bridgehead atoms. The maximum absolute atomic E-state index is 11.9. The Bertz CT molecular complexity index is 575. The molecule has 1 N–H and O–H groups in total. The summed E-state index contributed by atoms with van der Waals surface area (Å²) in [5.74, 6) is 0.731. The first-order valence-electron chi connectivity index (χ1n) is 5.05. The molecule has 0 aliphatic carbocycles. The van der Waals surface area contributed by atoms with Crippen molar-refractivity contribution >= 4 is 33.5 Å². The number of pyridine rings is 1. The quantitative estimate of drug-likeness (QED) is 0.861. The lowest BCUT2D eigenvalue weighted by Gasteiger charge is -2.10. The SMILES string of the molecule is CC(C)Oc1ccc2[nH]cc(I)c(=O)c2c1. The molecule has 3 nitrogen and oxygen atoms in total. The van der Waals surface area contributed by atoms with E-state index in [2.05, 4.69) is 4.98 Å². The number of rotatable bonds is 2. The van der Waals surface area contributed by atoms with E-state index < -0.39 is 0 Å². The predicted molar refractivity (Wildman–Crippen MR) is 73.0 cm³/mol. The van der Waals surface area contributed by atoms with Crippen LogP contribution in [0, 0.1) is 3.57 Å². The molecule has 1 aromatic carbocycles. The predicted octanol–water partition coefficient (Wildman–Crippen LogP) is 2.92. The molecule has 0 aliphatic rings. The molecular weight excluding hydrogens is 317 g/mol. The fourth-order valence-electron chi connectivity index (χ4n) is 1.52. The first kappa shape index (κ1) is 11.4. The zero-order valence-electron chi connectivity index (χ0n) is 9.08. The number of aromatic nitrogens is 1. The highest BCUT2D eigenvalue weighted by molar-refractivity contribution is 14.1. The van der Waals surface area contributed by atoms with Gasteiger partial charge in [-0.15, -0.1) is 0 Å². The molecule has 1 aromatic heterocycles. The molecule has 0 fully saturated rings. The Balaban J connectivity index is 2.60. The summed E-state index contributed by atoms with van der Waals surface area (Å²) in [6.07, 6.45) is 1.83. The Morgan fingerprint density at radius 1 is 1.38 bits per heavy atom. The van der Waals surface area contributed by atoms with Crippen LogP contribution in [-0.4, -0.2) is 11.1 Å². The third-order valence-electron chi connectivity index (χ3n) is 2.18. The number of H-pyrrole nitrogens is 1. The van der Waals surface area contributed by atoms with Crippen LogP contribution in [-0.2, 0) is 0 Å². The van der Waals surface area contributed by atoms with Gasteiger partial charge in [-0.05, 0) is 54.6 Å². The summed E-state index contributed by atoms with van der Waals surface area (Å²) in [6, 6.07) is 5.52. The van der Waals surface area contributed by atoms with E-state index in [1.165, 1.54) is 0 Å². The molecule has 84 valence electrons. The summed E-state index contributed by atoms with van der Waals surface area (Å²) in [5.41, 5.74) is 0.880. The van der Waals surface area contributed by atoms with E-state index in [1.807, 2.05) is 48.6 Å². The molecule has 0 spiro atoms. The molecule has 0 aliphatic heterocycles. The Morgan fingerprint density at radius 3 is 2.81 bits per heavy atom. The van der Waals surface area contributed by atoms with Gasteiger partial charge in [0.25, 0.3) is 0 Å². The minimum atomic E-state index is 0.0450. The molecular formula is C12H12INO2. The molecule has 0 saturated heterocycles. The average Bonchev–Trinajstić information content (AvgIpc) is 2.23. The van der Waals surface area contributed by atoms with Gasteiger partial charge in [-0.2, -0.15) is 0 Å². The van der Waals surface area contributed by atoms with Crippen LogP contribution >= 0.6 is 22.6 Å². The number of hydrogen-bond donors (Lipinski definition) is 1. The van der Waals surface area contributed by atoms with Crippen LogP contribution in [0.1, 0.15) is 13.8 Å². The average molecular weight is 329 g/mol. The van der Waals surface area contributed by atoms with Crippen LogP contribution in [0.4, 0.5) is 0 Å². The highest BCUT2D eigenvalue weighted by Crippen LogP contribution is 2.18. The van der Waals surface area contributed by atoms with Gasteiger partial charge in [0.2, 0.25) is 5.43 Å². The number of halogens is 1. The van der Waals surface area contributed by atoms with Gasteiger partial charge in [-0.1, -0.05) is 0 Å². The molecule has 0 radical (unpaired) electrons. The second-order valence-electron chi connectivity index (χ2n) is 3.84. The number of hydrogen-bond acceptors (Lipinski definition) is 2. The lowest BCUT2D eigenvalue weighted by Crippen LogP contribution is -2.08. The van der Waals surface area contributed by atoms with Crippen molar-refractivity contribution < 1.29 is 4.74 Å². The van der Waals surface area contributed by atoms with Crippen molar-refractivity contribution in [2.45, 2.75) is 20.0 Å². The maximum Gasteiger partial charge on any atom is 0.202 e. The van der Waals surface area contributed by atoms with Crippen molar-refractivity contribution in [1.29, 1.82) is 0 Å². The van der Waals surface area contributed by atoms with E-state index in [-0.39, 0.29) is 11.5 Å². The number of benzene rings is 1. The van der Waals surface area contributed by atoms with Crippen LogP contribution in [0.5, 0.6) is 5.75 Å². The van der Waals surface area contributed by atoms with E-state index in [0.29, 0.717) is 8.96 Å². The summed E-state index contributed by atoms with van der Waals surface area (Å²) in [4.78, 5) is 15.0. The number of ether oxygens (including phenoxy) is 1.